The average molecular weight is 406 g/mol. The van der Waals surface area contributed by atoms with Crippen LogP contribution in [0, 0.1) is 0 Å². The van der Waals surface area contributed by atoms with Crippen molar-refractivity contribution in [3.05, 3.63) is 36.0 Å². The lowest BCUT2D eigenvalue weighted by molar-refractivity contribution is -0.140. The number of amides is 3. The van der Waals surface area contributed by atoms with Gasteiger partial charge in [0.05, 0.1) is 12.2 Å². The van der Waals surface area contributed by atoms with E-state index in [0.717, 1.165) is 16.5 Å². The Bertz CT molecular complexity index is 882. The van der Waals surface area contributed by atoms with Gasteiger partial charge in [-0.3, -0.25) is 19.2 Å². The maximum Gasteiger partial charge on any atom is 0.305 e. The number of carbonyl (C=O) groups excluding carboxylic acids is 3. The zero-order valence-corrected chi connectivity index (χ0v) is 16.1. The standard InChI is InChI=1S/C18H22N4O5S/c1-19-17(26)13(6-10-8-20-12-5-3-2-4-11(10)12)22-18(27)14(7-16(24)25)21-15(23)9-28/h2-5,8,13-14,20,28H,6-7,9H2,1H3,(H,19,26)(H,21,23)(H,22,27)(H,24,25)/t13-,14+/m0/s1. The van der Waals surface area contributed by atoms with Gasteiger partial charge in [-0.25, -0.2) is 0 Å². The highest BCUT2D eigenvalue weighted by Gasteiger charge is 2.28. The predicted octanol–water partition coefficient (Wildman–Crippen LogP) is -0.170. The number of aromatic nitrogens is 1. The second-order valence-electron chi connectivity index (χ2n) is 6.12. The molecule has 0 bridgehead atoms. The number of carboxylic acids is 1. The topological polar surface area (TPSA) is 140 Å². The Morgan fingerprint density at radius 3 is 2.46 bits per heavy atom. The number of nitrogens with one attached hydrogen (secondary N) is 4. The average Bonchev–Trinajstić information content (AvgIpc) is 3.08. The van der Waals surface area contributed by atoms with Crippen molar-refractivity contribution in [3.63, 3.8) is 0 Å². The summed E-state index contributed by atoms with van der Waals surface area (Å²) >= 11 is 3.80. The number of aliphatic carboxylic acids is 1. The van der Waals surface area contributed by atoms with Gasteiger partial charge >= 0.3 is 5.97 Å². The van der Waals surface area contributed by atoms with Crippen molar-refractivity contribution >= 4 is 47.2 Å². The van der Waals surface area contributed by atoms with Crippen molar-refractivity contribution in [2.45, 2.75) is 24.9 Å². The lowest BCUT2D eigenvalue weighted by Gasteiger charge is -2.21. The van der Waals surface area contributed by atoms with Crippen LogP contribution in [0.25, 0.3) is 10.9 Å². The van der Waals surface area contributed by atoms with E-state index in [1.165, 1.54) is 7.05 Å². The maximum absolute atomic E-state index is 12.6. The van der Waals surface area contributed by atoms with E-state index in [4.69, 9.17) is 5.11 Å². The van der Waals surface area contributed by atoms with Crippen molar-refractivity contribution in [3.8, 4) is 0 Å². The molecule has 0 aliphatic heterocycles. The summed E-state index contributed by atoms with van der Waals surface area (Å²) in [6.07, 6.45) is 1.33. The van der Waals surface area contributed by atoms with Gasteiger partial charge in [0.2, 0.25) is 17.7 Å². The smallest absolute Gasteiger partial charge is 0.305 e. The maximum atomic E-state index is 12.6. The number of benzene rings is 1. The second-order valence-corrected chi connectivity index (χ2v) is 6.43. The molecular weight excluding hydrogens is 384 g/mol. The Hall–Kier alpha value is -3.01. The summed E-state index contributed by atoms with van der Waals surface area (Å²) in [6, 6.07) is 5.27. The lowest BCUT2D eigenvalue weighted by Crippen LogP contribution is -2.54. The van der Waals surface area contributed by atoms with Gasteiger partial charge in [-0.05, 0) is 11.6 Å². The summed E-state index contributed by atoms with van der Waals surface area (Å²) in [4.78, 5) is 50.5. The van der Waals surface area contributed by atoms with Gasteiger partial charge in [0, 0.05) is 30.6 Å². The first-order valence-electron chi connectivity index (χ1n) is 8.54. The summed E-state index contributed by atoms with van der Waals surface area (Å²) in [5, 5.41) is 17.2. The molecule has 0 fully saturated rings. The van der Waals surface area contributed by atoms with Gasteiger partial charge in [0.1, 0.15) is 12.1 Å². The number of hydrogen-bond acceptors (Lipinski definition) is 5. The van der Waals surface area contributed by atoms with Crippen molar-refractivity contribution in [1.82, 2.24) is 20.9 Å². The van der Waals surface area contributed by atoms with Crippen LogP contribution < -0.4 is 16.0 Å². The van der Waals surface area contributed by atoms with Gasteiger partial charge in [-0.2, -0.15) is 12.6 Å². The van der Waals surface area contributed by atoms with Crippen LogP contribution in [-0.2, 0) is 25.6 Å². The Morgan fingerprint density at radius 1 is 1.11 bits per heavy atom. The minimum atomic E-state index is -1.31. The first-order valence-corrected chi connectivity index (χ1v) is 9.18. The number of fused-ring (bicyclic) bond motifs is 1. The summed E-state index contributed by atoms with van der Waals surface area (Å²) in [7, 11) is 1.44. The highest BCUT2D eigenvalue weighted by atomic mass is 32.1. The van der Waals surface area contributed by atoms with Crippen LogP contribution in [0.5, 0.6) is 0 Å². The van der Waals surface area contributed by atoms with Crippen molar-refractivity contribution in [2.24, 2.45) is 0 Å². The largest absolute Gasteiger partial charge is 0.481 e. The number of likely N-dealkylation sites (N-methyl/N-ethyl adjacent to an activating group) is 1. The predicted molar refractivity (Wildman–Crippen MR) is 106 cm³/mol. The normalized spacial score (nSPS) is 12.8. The molecule has 0 saturated carbocycles. The van der Waals surface area contributed by atoms with E-state index in [1.54, 1.807) is 6.20 Å². The van der Waals surface area contributed by atoms with E-state index < -0.39 is 42.2 Å². The molecule has 2 aromatic rings. The van der Waals surface area contributed by atoms with Gasteiger partial charge in [-0.1, -0.05) is 18.2 Å². The fourth-order valence-electron chi connectivity index (χ4n) is 2.80. The molecule has 28 heavy (non-hydrogen) atoms. The second kappa shape index (κ2) is 9.79. The Morgan fingerprint density at radius 2 is 1.82 bits per heavy atom. The fourth-order valence-corrected chi connectivity index (χ4v) is 2.89. The Labute approximate surface area is 166 Å². The molecular formula is C18H22N4O5S. The summed E-state index contributed by atoms with van der Waals surface area (Å²) in [5.41, 5.74) is 1.71. The van der Waals surface area contributed by atoms with E-state index in [0.29, 0.717) is 0 Å². The van der Waals surface area contributed by atoms with Gasteiger partial charge < -0.3 is 26.0 Å². The molecule has 0 unspecified atom stereocenters. The number of carboxylic acid groups (broad SMARTS) is 1. The quantitative estimate of drug-likeness (QED) is 0.321. The van der Waals surface area contributed by atoms with E-state index >= 15 is 0 Å². The Balaban J connectivity index is 2.19. The first-order chi connectivity index (χ1) is 13.3. The molecule has 3 amide bonds. The number of para-hydroxylation sites is 1. The summed E-state index contributed by atoms with van der Waals surface area (Å²) < 4.78 is 0. The SMILES string of the molecule is CNC(=O)[C@H](Cc1c[nH]c2ccccc12)NC(=O)[C@@H](CC(=O)O)NC(=O)CS. The zero-order chi connectivity index (χ0) is 20.7. The molecule has 1 heterocycles. The lowest BCUT2D eigenvalue weighted by atomic mass is 10.0. The molecule has 150 valence electrons. The third kappa shape index (κ3) is 5.49. The number of H-pyrrole nitrogens is 1. The molecule has 10 heteroatoms. The highest BCUT2D eigenvalue weighted by Crippen LogP contribution is 2.19. The minimum absolute atomic E-state index is 0.190. The number of hydrogen-bond donors (Lipinski definition) is 6. The molecule has 0 radical (unpaired) electrons. The van der Waals surface area contributed by atoms with Crippen LogP contribution in [0.15, 0.2) is 30.5 Å². The number of rotatable bonds is 9. The highest BCUT2D eigenvalue weighted by molar-refractivity contribution is 7.81. The third-order valence-electron chi connectivity index (χ3n) is 4.15. The number of aromatic amines is 1. The monoisotopic (exact) mass is 406 g/mol. The van der Waals surface area contributed by atoms with Gasteiger partial charge in [0.15, 0.2) is 0 Å². The van der Waals surface area contributed by atoms with Crippen molar-refractivity contribution in [1.29, 1.82) is 0 Å². The molecule has 0 saturated heterocycles. The van der Waals surface area contributed by atoms with Crippen LogP contribution in [0.4, 0.5) is 0 Å². The van der Waals surface area contributed by atoms with Crippen LogP contribution in [0.3, 0.4) is 0 Å². The van der Waals surface area contributed by atoms with Gasteiger partial charge in [0.25, 0.3) is 0 Å². The Kier molecular flexibility index (Phi) is 7.44. The van der Waals surface area contributed by atoms with E-state index in [2.05, 4.69) is 33.6 Å². The van der Waals surface area contributed by atoms with Crippen LogP contribution in [0.2, 0.25) is 0 Å². The van der Waals surface area contributed by atoms with Crippen LogP contribution in [0.1, 0.15) is 12.0 Å². The molecule has 0 aliphatic rings. The van der Waals surface area contributed by atoms with Crippen LogP contribution in [-0.4, -0.2) is 58.7 Å². The van der Waals surface area contributed by atoms with E-state index in [1.807, 2.05) is 24.3 Å². The summed E-state index contributed by atoms with van der Waals surface area (Å²) in [5.74, 6) is -3.23. The van der Waals surface area contributed by atoms with Crippen molar-refractivity contribution < 1.29 is 24.3 Å². The molecule has 5 N–H and O–H groups in total. The molecule has 1 aromatic carbocycles. The van der Waals surface area contributed by atoms with E-state index in [-0.39, 0.29) is 12.2 Å². The first kappa shape index (κ1) is 21.3. The molecule has 0 spiro atoms. The zero-order valence-electron chi connectivity index (χ0n) is 15.2. The van der Waals surface area contributed by atoms with E-state index in [9.17, 15) is 19.2 Å². The fraction of sp³-hybridized carbons (Fsp3) is 0.333. The van der Waals surface area contributed by atoms with Crippen molar-refractivity contribution in [2.75, 3.05) is 12.8 Å². The molecule has 0 aliphatic carbocycles. The molecule has 2 atom stereocenters. The molecule has 2 rings (SSSR count). The number of carbonyl (C=O) groups is 4. The van der Waals surface area contributed by atoms with Gasteiger partial charge in [-0.15, -0.1) is 0 Å². The third-order valence-corrected chi connectivity index (χ3v) is 4.44. The molecule has 1 aromatic heterocycles. The minimum Gasteiger partial charge on any atom is -0.481 e. The van der Waals surface area contributed by atoms with Crippen LogP contribution >= 0.6 is 12.6 Å². The summed E-state index contributed by atoms with van der Waals surface area (Å²) in [6.45, 7) is 0. The number of thiol groups is 1. The molecule has 9 nitrogen and oxygen atoms in total.